The van der Waals surface area contributed by atoms with Gasteiger partial charge in [0.1, 0.15) is 0 Å². The molecule has 0 spiro atoms. The smallest absolute Gasteiger partial charge is 0.0502 e. The van der Waals surface area contributed by atoms with Gasteiger partial charge in [-0.05, 0) is 23.6 Å². The average molecular weight is 254 g/mol. The molecule has 1 saturated heterocycles. The first-order valence-corrected chi connectivity index (χ1v) is 7.00. The van der Waals surface area contributed by atoms with E-state index < -0.39 is 0 Å². The van der Waals surface area contributed by atoms with Gasteiger partial charge in [0, 0.05) is 30.9 Å². The molecule has 0 aliphatic carbocycles. The van der Waals surface area contributed by atoms with Gasteiger partial charge in [0.2, 0.25) is 0 Å². The number of allylic oxidation sites excluding steroid dienone is 1. The minimum Gasteiger partial charge on any atom is -0.384 e. The summed E-state index contributed by atoms with van der Waals surface area (Å²) < 4.78 is 0. The van der Waals surface area contributed by atoms with Crippen LogP contribution in [-0.4, -0.2) is 24.5 Å². The van der Waals surface area contributed by atoms with Crippen molar-refractivity contribution in [3.63, 3.8) is 0 Å². The number of nitrogens with one attached hydrogen (secondary N) is 1. The Labute approximate surface area is 115 Å². The Morgan fingerprint density at radius 3 is 2.74 bits per heavy atom. The van der Waals surface area contributed by atoms with Gasteiger partial charge in [-0.25, -0.2) is 0 Å². The first kappa shape index (κ1) is 12.3. The maximum absolute atomic E-state index is 3.55. The summed E-state index contributed by atoms with van der Waals surface area (Å²) in [6, 6.07) is 11.1. The van der Waals surface area contributed by atoms with Crippen LogP contribution in [0.5, 0.6) is 0 Å². The number of nitrogens with zero attached hydrogens (tertiary/aromatic N) is 1. The number of hydrogen-bond donors (Lipinski definition) is 1. The lowest BCUT2D eigenvalue weighted by Gasteiger charge is -2.25. The van der Waals surface area contributed by atoms with Crippen molar-refractivity contribution in [3.05, 3.63) is 59.4 Å². The lowest BCUT2D eigenvalue weighted by Crippen LogP contribution is -2.30. The van der Waals surface area contributed by atoms with Gasteiger partial charge < -0.3 is 10.2 Å². The molecule has 1 aromatic rings. The Morgan fingerprint density at radius 1 is 1.26 bits per heavy atom. The highest BCUT2D eigenvalue weighted by molar-refractivity contribution is 5.43. The summed E-state index contributed by atoms with van der Waals surface area (Å²) >= 11 is 0. The molecule has 0 bridgehead atoms. The van der Waals surface area contributed by atoms with E-state index in [2.05, 4.69) is 73.7 Å². The maximum Gasteiger partial charge on any atom is 0.0502 e. The second kappa shape index (κ2) is 4.44. The molecule has 0 aromatic heterocycles. The number of dihydropyridines is 1. The van der Waals surface area contributed by atoms with Crippen molar-refractivity contribution in [2.45, 2.75) is 26.3 Å². The summed E-state index contributed by atoms with van der Waals surface area (Å²) in [5, 5.41) is 3.55. The molecule has 2 heterocycles. The molecule has 0 amide bonds. The third-order valence-electron chi connectivity index (χ3n) is 4.15. The minimum absolute atomic E-state index is 0.255. The molecular weight excluding hydrogens is 232 g/mol. The van der Waals surface area contributed by atoms with Gasteiger partial charge >= 0.3 is 0 Å². The van der Waals surface area contributed by atoms with Gasteiger partial charge in [-0.3, -0.25) is 0 Å². The molecule has 2 nitrogen and oxygen atoms in total. The van der Waals surface area contributed by atoms with Gasteiger partial charge in [0.25, 0.3) is 0 Å². The summed E-state index contributed by atoms with van der Waals surface area (Å²) in [5.41, 5.74) is 4.49. The van der Waals surface area contributed by atoms with E-state index in [9.17, 15) is 0 Å². The van der Waals surface area contributed by atoms with E-state index in [1.807, 2.05) is 0 Å². The van der Waals surface area contributed by atoms with Gasteiger partial charge in [-0.15, -0.1) is 0 Å². The van der Waals surface area contributed by atoms with Gasteiger partial charge in [0.15, 0.2) is 0 Å². The summed E-state index contributed by atoms with van der Waals surface area (Å²) in [6.45, 7) is 5.73. The van der Waals surface area contributed by atoms with Crippen LogP contribution in [0.4, 0.5) is 0 Å². The van der Waals surface area contributed by atoms with Crippen molar-refractivity contribution in [1.82, 2.24) is 10.2 Å². The van der Waals surface area contributed by atoms with Crippen LogP contribution in [0, 0.1) is 5.41 Å². The summed E-state index contributed by atoms with van der Waals surface area (Å²) in [5.74, 6) is 0. The molecule has 1 aromatic carbocycles. The molecule has 1 N–H and O–H groups in total. The van der Waals surface area contributed by atoms with Crippen LogP contribution in [0.1, 0.15) is 19.4 Å². The molecule has 1 fully saturated rings. The molecule has 1 atom stereocenters. The molecule has 3 rings (SSSR count). The van der Waals surface area contributed by atoms with E-state index in [4.69, 9.17) is 0 Å². The molecule has 0 saturated carbocycles. The second-order valence-electron chi connectivity index (χ2n) is 6.31. The van der Waals surface area contributed by atoms with Crippen molar-refractivity contribution in [2.75, 3.05) is 13.6 Å². The van der Waals surface area contributed by atoms with E-state index in [-0.39, 0.29) is 5.41 Å². The van der Waals surface area contributed by atoms with Gasteiger partial charge in [-0.1, -0.05) is 44.2 Å². The number of hydrogen-bond acceptors (Lipinski definition) is 2. The minimum atomic E-state index is 0.255. The molecule has 1 unspecified atom stereocenters. The third kappa shape index (κ3) is 2.27. The highest BCUT2D eigenvalue weighted by Gasteiger charge is 2.38. The third-order valence-corrected chi connectivity index (χ3v) is 4.15. The maximum atomic E-state index is 3.55. The monoisotopic (exact) mass is 254 g/mol. The van der Waals surface area contributed by atoms with Crippen molar-refractivity contribution in [2.24, 2.45) is 5.41 Å². The van der Waals surface area contributed by atoms with Crippen LogP contribution < -0.4 is 5.32 Å². The number of likely N-dealkylation sites (tertiary alicyclic amines) is 1. The van der Waals surface area contributed by atoms with E-state index in [0.717, 1.165) is 13.0 Å². The SMILES string of the molecule is CN1CC(C)(C)C2=CNC(Cc3ccccc3)C=C21. The topological polar surface area (TPSA) is 15.3 Å². The molecule has 0 radical (unpaired) electrons. The molecule has 100 valence electrons. The molecule has 2 aliphatic heterocycles. The lowest BCUT2D eigenvalue weighted by atomic mass is 9.85. The van der Waals surface area contributed by atoms with Crippen LogP contribution in [0.2, 0.25) is 0 Å². The zero-order chi connectivity index (χ0) is 13.5. The zero-order valence-corrected chi connectivity index (χ0v) is 12.0. The number of benzene rings is 1. The zero-order valence-electron chi connectivity index (χ0n) is 12.0. The quantitative estimate of drug-likeness (QED) is 0.873. The van der Waals surface area contributed by atoms with Crippen molar-refractivity contribution in [1.29, 1.82) is 0 Å². The van der Waals surface area contributed by atoms with Crippen molar-refractivity contribution < 1.29 is 0 Å². The highest BCUT2D eigenvalue weighted by Crippen LogP contribution is 2.42. The summed E-state index contributed by atoms with van der Waals surface area (Å²) in [4.78, 5) is 2.38. The first-order valence-electron chi connectivity index (χ1n) is 7.00. The van der Waals surface area contributed by atoms with E-state index in [1.54, 1.807) is 0 Å². The fraction of sp³-hybridized carbons (Fsp3) is 0.412. The Morgan fingerprint density at radius 2 is 2.00 bits per heavy atom. The van der Waals surface area contributed by atoms with Crippen LogP contribution >= 0.6 is 0 Å². The normalized spacial score (nSPS) is 24.4. The van der Waals surface area contributed by atoms with Crippen molar-refractivity contribution >= 4 is 0 Å². The molecule has 2 heteroatoms. The predicted octanol–water partition coefficient (Wildman–Crippen LogP) is 2.94. The molecule has 19 heavy (non-hydrogen) atoms. The fourth-order valence-electron chi connectivity index (χ4n) is 3.22. The average Bonchev–Trinajstić information content (AvgIpc) is 2.61. The molecule has 2 aliphatic rings. The van der Waals surface area contributed by atoms with Crippen LogP contribution in [-0.2, 0) is 6.42 Å². The number of fused-ring (bicyclic) bond motifs is 1. The standard InChI is InChI=1S/C17H22N2/c1-17(2)12-19(3)16-10-14(18-11-15(16)17)9-13-7-5-4-6-8-13/h4-8,10-11,14,18H,9,12H2,1-3H3. The number of rotatable bonds is 2. The summed E-state index contributed by atoms with van der Waals surface area (Å²) in [7, 11) is 2.19. The lowest BCUT2D eigenvalue weighted by molar-refractivity contribution is 0.367. The Balaban J connectivity index is 1.80. The summed E-state index contributed by atoms with van der Waals surface area (Å²) in [6.07, 6.45) is 5.66. The first-order chi connectivity index (χ1) is 9.06. The van der Waals surface area contributed by atoms with E-state index in [1.165, 1.54) is 16.8 Å². The largest absolute Gasteiger partial charge is 0.384 e. The Hall–Kier alpha value is -1.70. The highest BCUT2D eigenvalue weighted by atomic mass is 15.2. The predicted molar refractivity (Wildman–Crippen MR) is 79.6 cm³/mol. The van der Waals surface area contributed by atoms with Crippen LogP contribution in [0.3, 0.4) is 0 Å². The van der Waals surface area contributed by atoms with E-state index >= 15 is 0 Å². The fourth-order valence-corrected chi connectivity index (χ4v) is 3.22. The Bertz CT molecular complexity index is 525. The second-order valence-corrected chi connectivity index (χ2v) is 6.31. The number of likely N-dealkylation sites (N-methyl/N-ethyl adjacent to an activating group) is 1. The van der Waals surface area contributed by atoms with E-state index in [0.29, 0.717) is 6.04 Å². The van der Waals surface area contributed by atoms with Gasteiger partial charge in [-0.2, -0.15) is 0 Å². The Kier molecular flexibility index (Phi) is 2.89. The van der Waals surface area contributed by atoms with Crippen molar-refractivity contribution in [3.8, 4) is 0 Å². The van der Waals surface area contributed by atoms with Crippen LogP contribution in [0.25, 0.3) is 0 Å². The van der Waals surface area contributed by atoms with Gasteiger partial charge in [0.05, 0.1) is 6.04 Å². The van der Waals surface area contributed by atoms with Crippen LogP contribution in [0.15, 0.2) is 53.9 Å². The molecular formula is C17H22N2.